The molecule has 1 aliphatic heterocycles. The molecule has 1 N–H and O–H groups in total. The molecule has 0 radical (unpaired) electrons. The maximum Gasteiger partial charge on any atom is 0.422 e. The second-order valence-corrected chi connectivity index (χ2v) is 5.50. The molecule has 0 bridgehead atoms. The van der Waals surface area contributed by atoms with E-state index in [1.54, 1.807) is 24.3 Å². The molecule has 2 rings (SSSR count). The third-order valence-electron chi connectivity index (χ3n) is 3.33. The molecule has 1 aromatic rings. The summed E-state index contributed by atoms with van der Waals surface area (Å²) in [6.07, 6.45) is -2.07. The summed E-state index contributed by atoms with van der Waals surface area (Å²) in [7, 11) is 0. The summed E-state index contributed by atoms with van der Waals surface area (Å²) < 4.78 is 46.5. The van der Waals surface area contributed by atoms with E-state index >= 15 is 0 Å². The fraction of sp³-hybridized carbons (Fsp3) is 0.600. The Labute approximate surface area is 122 Å². The van der Waals surface area contributed by atoms with Gasteiger partial charge in [0.1, 0.15) is 5.75 Å². The van der Waals surface area contributed by atoms with Gasteiger partial charge in [0, 0.05) is 11.7 Å². The Morgan fingerprint density at radius 1 is 1.14 bits per heavy atom. The fourth-order valence-corrected chi connectivity index (χ4v) is 2.57. The van der Waals surface area contributed by atoms with Gasteiger partial charge in [-0.2, -0.15) is 13.2 Å². The van der Waals surface area contributed by atoms with E-state index in [4.69, 9.17) is 4.74 Å². The zero-order chi connectivity index (χ0) is 15.5. The minimum Gasteiger partial charge on any atom is -0.484 e. The van der Waals surface area contributed by atoms with Crippen LogP contribution in [0.5, 0.6) is 5.75 Å². The number of anilines is 1. The first kappa shape index (κ1) is 15.9. The van der Waals surface area contributed by atoms with Crippen LogP contribution in [0.2, 0.25) is 0 Å². The van der Waals surface area contributed by atoms with Gasteiger partial charge in [-0.05, 0) is 51.0 Å². The van der Waals surface area contributed by atoms with Gasteiger partial charge < -0.3 is 14.8 Å². The molecule has 3 nitrogen and oxygen atoms in total. The Morgan fingerprint density at radius 3 is 2.24 bits per heavy atom. The van der Waals surface area contributed by atoms with Crippen molar-refractivity contribution in [3.8, 4) is 5.75 Å². The molecule has 118 valence electrons. The summed E-state index contributed by atoms with van der Waals surface area (Å²) in [5.74, 6) is 0.214. The van der Waals surface area contributed by atoms with E-state index in [2.05, 4.69) is 10.1 Å². The van der Waals surface area contributed by atoms with Crippen molar-refractivity contribution in [2.75, 3.05) is 11.9 Å². The Morgan fingerprint density at radius 2 is 1.71 bits per heavy atom. The van der Waals surface area contributed by atoms with Crippen LogP contribution < -0.4 is 10.1 Å². The highest BCUT2D eigenvalue weighted by atomic mass is 19.4. The number of rotatable bonds is 4. The van der Waals surface area contributed by atoms with Crippen molar-refractivity contribution < 1.29 is 22.6 Å². The third-order valence-corrected chi connectivity index (χ3v) is 3.33. The second-order valence-electron chi connectivity index (χ2n) is 5.50. The molecule has 0 spiro atoms. The highest BCUT2D eigenvalue weighted by molar-refractivity contribution is 5.47. The lowest BCUT2D eigenvalue weighted by Gasteiger charge is -2.33. The topological polar surface area (TPSA) is 30.5 Å². The largest absolute Gasteiger partial charge is 0.484 e. The average molecular weight is 303 g/mol. The zero-order valence-electron chi connectivity index (χ0n) is 12.1. The lowest BCUT2D eigenvalue weighted by molar-refractivity contribution is -0.153. The normalized spacial score (nSPS) is 26.4. The van der Waals surface area contributed by atoms with Gasteiger partial charge in [-0.15, -0.1) is 0 Å². The van der Waals surface area contributed by atoms with Gasteiger partial charge in [-0.3, -0.25) is 0 Å². The first-order chi connectivity index (χ1) is 9.82. The van der Waals surface area contributed by atoms with Crippen LogP contribution in [0.4, 0.5) is 18.9 Å². The molecule has 1 fully saturated rings. The Kier molecular flexibility index (Phi) is 4.98. The molecule has 21 heavy (non-hydrogen) atoms. The molecule has 1 aliphatic rings. The number of nitrogens with one attached hydrogen (secondary N) is 1. The van der Waals surface area contributed by atoms with E-state index in [0.717, 1.165) is 18.5 Å². The quantitative estimate of drug-likeness (QED) is 0.912. The van der Waals surface area contributed by atoms with Crippen LogP contribution in [0, 0.1) is 0 Å². The van der Waals surface area contributed by atoms with Gasteiger partial charge in [-0.1, -0.05) is 0 Å². The maximum absolute atomic E-state index is 12.1. The Balaban J connectivity index is 1.87. The smallest absolute Gasteiger partial charge is 0.422 e. The van der Waals surface area contributed by atoms with Crippen molar-refractivity contribution in [1.82, 2.24) is 0 Å². The molecule has 2 atom stereocenters. The summed E-state index contributed by atoms with van der Waals surface area (Å²) in [5.41, 5.74) is 0.876. The van der Waals surface area contributed by atoms with Crippen molar-refractivity contribution in [3.05, 3.63) is 24.3 Å². The lowest BCUT2D eigenvalue weighted by atomic mass is 9.99. The van der Waals surface area contributed by atoms with Gasteiger partial charge in [0.2, 0.25) is 0 Å². The minimum atomic E-state index is -4.31. The van der Waals surface area contributed by atoms with Gasteiger partial charge in [-0.25, -0.2) is 0 Å². The summed E-state index contributed by atoms with van der Waals surface area (Å²) in [6, 6.07) is 6.86. The summed E-state index contributed by atoms with van der Waals surface area (Å²) in [6.45, 7) is 2.81. The lowest BCUT2D eigenvalue weighted by Crippen LogP contribution is -2.36. The molecule has 6 heteroatoms. The minimum absolute atomic E-state index is 0.209. The fourth-order valence-electron chi connectivity index (χ4n) is 2.57. The van der Waals surface area contributed by atoms with E-state index in [9.17, 15) is 13.2 Å². The highest BCUT2D eigenvalue weighted by Crippen LogP contribution is 2.24. The van der Waals surface area contributed by atoms with E-state index in [-0.39, 0.29) is 18.0 Å². The molecule has 1 aromatic carbocycles. The van der Waals surface area contributed by atoms with Crippen LogP contribution in [-0.2, 0) is 4.74 Å². The standard InChI is InChI=1S/C15H20F3NO2/c1-10-7-13(8-11(2)21-10)19-12-3-5-14(6-4-12)20-9-15(16,17)18/h3-6,10-11,13,19H,7-9H2,1-2H3. The van der Waals surface area contributed by atoms with Gasteiger partial charge in [0.15, 0.2) is 6.61 Å². The van der Waals surface area contributed by atoms with Crippen LogP contribution in [-0.4, -0.2) is 31.0 Å². The number of halogens is 3. The van der Waals surface area contributed by atoms with E-state index in [0.29, 0.717) is 6.04 Å². The van der Waals surface area contributed by atoms with Gasteiger partial charge >= 0.3 is 6.18 Å². The maximum atomic E-state index is 12.1. The predicted octanol–water partition coefficient (Wildman–Crippen LogP) is 4.00. The summed E-state index contributed by atoms with van der Waals surface area (Å²) in [4.78, 5) is 0. The van der Waals surface area contributed by atoms with Gasteiger partial charge in [0.25, 0.3) is 0 Å². The van der Waals surface area contributed by atoms with Crippen LogP contribution in [0.15, 0.2) is 24.3 Å². The molecule has 1 heterocycles. The summed E-state index contributed by atoms with van der Waals surface area (Å²) >= 11 is 0. The Hall–Kier alpha value is -1.43. The Bertz CT molecular complexity index is 437. The number of ether oxygens (including phenoxy) is 2. The SMILES string of the molecule is CC1CC(Nc2ccc(OCC(F)(F)F)cc2)CC(C)O1. The molecule has 0 amide bonds. The third kappa shape index (κ3) is 5.46. The molecular formula is C15H20F3NO2. The van der Waals surface area contributed by atoms with Crippen LogP contribution in [0.25, 0.3) is 0 Å². The van der Waals surface area contributed by atoms with Crippen molar-refractivity contribution >= 4 is 5.69 Å². The number of alkyl halides is 3. The molecule has 0 saturated carbocycles. The zero-order valence-corrected chi connectivity index (χ0v) is 12.1. The van der Waals surface area contributed by atoms with E-state index in [1.807, 2.05) is 13.8 Å². The number of hydrogen-bond acceptors (Lipinski definition) is 3. The van der Waals surface area contributed by atoms with Crippen molar-refractivity contribution in [3.63, 3.8) is 0 Å². The number of benzene rings is 1. The first-order valence-electron chi connectivity index (χ1n) is 7.03. The molecule has 2 unspecified atom stereocenters. The van der Waals surface area contributed by atoms with Gasteiger partial charge in [0.05, 0.1) is 12.2 Å². The molecule has 0 aromatic heterocycles. The van der Waals surface area contributed by atoms with Crippen molar-refractivity contribution in [1.29, 1.82) is 0 Å². The first-order valence-corrected chi connectivity index (χ1v) is 7.03. The van der Waals surface area contributed by atoms with Crippen LogP contribution >= 0.6 is 0 Å². The molecule has 1 saturated heterocycles. The highest BCUT2D eigenvalue weighted by Gasteiger charge is 2.28. The van der Waals surface area contributed by atoms with Crippen LogP contribution in [0.3, 0.4) is 0 Å². The van der Waals surface area contributed by atoms with Crippen LogP contribution in [0.1, 0.15) is 26.7 Å². The van der Waals surface area contributed by atoms with E-state index in [1.165, 1.54) is 0 Å². The summed E-state index contributed by atoms with van der Waals surface area (Å²) in [5, 5.41) is 3.38. The van der Waals surface area contributed by atoms with E-state index < -0.39 is 12.8 Å². The van der Waals surface area contributed by atoms with Crippen molar-refractivity contribution in [2.45, 2.75) is 51.1 Å². The average Bonchev–Trinajstić information content (AvgIpc) is 2.36. The second kappa shape index (κ2) is 6.56. The number of hydrogen-bond donors (Lipinski definition) is 1. The molecular weight excluding hydrogens is 283 g/mol. The monoisotopic (exact) mass is 303 g/mol. The molecule has 0 aliphatic carbocycles. The van der Waals surface area contributed by atoms with Crippen molar-refractivity contribution in [2.24, 2.45) is 0 Å². The predicted molar refractivity (Wildman–Crippen MR) is 74.6 cm³/mol.